The van der Waals surface area contributed by atoms with Crippen molar-refractivity contribution in [3.63, 3.8) is 0 Å². The van der Waals surface area contributed by atoms with E-state index in [4.69, 9.17) is 10.8 Å². The molecule has 0 aromatic heterocycles. The second kappa shape index (κ2) is 1.78. The summed E-state index contributed by atoms with van der Waals surface area (Å²) in [6.45, 7) is 0. The SMILES string of the molecule is NC(O)NC1CC1. The van der Waals surface area contributed by atoms with Crippen LogP contribution in [0.2, 0.25) is 0 Å². The van der Waals surface area contributed by atoms with Gasteiger partial charge in [-0.15, -0.1) is 0 Å². The van der Waals surface area contributed by atoms with Crippen molar-refractivity contribution in [3.05, 3.63) is 0 Å². The highest BCUT2D eigenvalue weighted by Gasteiger charge is 2.21. The van der Waals surface area contributed by atoms with Gasteiger partial charge in [-0.05, 0) is 12.8 Å². The van der Waals surface area contributed by atoms with Gasteiger partial charge in [0.25, 0.3) is 0 Å². The lowest BCUT2D eigenvalue weighted by atomic mass is 10.7. The van der Waals surface area contributed by atoms with Gasteiger partial charge < -0.3 is 5.11 Å². The Labute approximate surface area is 42.5 Å². The van der Waals surface area contributed by atoms with Gasteiger partial charge in [-0.3, -0.25) is 11.1 Å². The molecule has 0 saturated heterocycles. The zero-order valence-electron chi connectivity index (χ0n) is 4.09. The van der Waals surface area contributed by atoms with Crippen molar-refractivity contribution in [2.45, 2.75) is 25.2 Å². The lowest BCUT2D eigenvalue weighted by molar-refractivity contribution is 0.142. The monoisotopic (exact) mass is 102 g/mol. The van der Waals surface area contributed by atoms with Gasteiger partial charge in [0.15, 0.2) is 6.35 Å². The van der Waals surface area contributed by atoms with Crippen LogP contribution in [0, 0.1) is 0 Å². The molecule has 1 atom stereocenters. The molecule has 0 aliphatic heterocycles. The van der Waals surface area contributed by atoms with Crippen LogP contribution in [0.3, 0.4) is 0 Å². The van der Waals surface area contributed by atoms with Crippen LogP contribution < -0.4 is 11.1 Å². The van der Waals surface area contributed by atoms with Crippen LogP contribution in [0.25, 0.3) is 0 Å². The Hall–Kier alpha value is -0.120. The second-order valence-corrected chi connectivity index (χ2v) is 1.89. The fourth-order valence-electron chi connectivity index (χ4n) is 0.491. The van der Waals surface area contributed by atoms with E-state index in [1.807, 2.05) is 0 Å². The molecule has 4 N–H and O–H groups in total. The van der Waals surface area contributed by atoms with E-state index in [0.717, 1.165) is 12.8 Å². The minimum atomic E-state index is -0.812. The Morgan fingerprint density at radius 1 is 1.71 bits per heavy atom. The van der Waals surface area contributed by atoms with Crippen molar-refractivity contribution in [1.29, 1.82) is 0 Å². The standard InChI is InChI=1S/C4H10N2O/c5-4(7)6-3-1-2-3/h3-4,6-7H,1-2,5H2. The minimum Gasteiger partial charge on any atom is -0.366 e. The molecule has 0 bridgehead atoms. The van der Waals surface area contributed by atoms with Crippen LogP contribution in [0.15, 0.2) is 0 Å². The third-order valence-electron chi connectivity index (χ3n) is 0.984. The Balaban J connectivity index is 1.97. The van der Waals surface area contributed by atoms with Crippen molar-refractivity contribution in [2.24, 2.45) is 5.73 Å². The molecule has 1 unspecified atom stereocenters. The van der Waals surface area contributed by atoms with Crippen LogP contribution in [0.5, 0.6) is 0 Å². The van der Waals surface area contributed by atoms with E-state index in [9.17, 15) is 0 Å². The van der Waals surface area contributed by atoms with Crippen molar-refractivity contribution in [3.8, 4) is 0 Å². The van der Waals surface area contributed by atoms with E-state index in [-0.39, 0.29) is 0 Å². The van der Waals surface area contributed by atoms with E-state index in [0.29, 0.717) is 6.04 Å². The first-order valence-electron chi connectivity index (χ1n) is 2.49. The van der Waals surface area contributed by atoms with E-state index in [1.165, 1.54) is 0 Å². The lowest BCUT2D eigenvalue weighted by Crippen LogP contribution is -2.38. The summed E-state index contributed by atoms with van der Waals surface area (Å²) in [5.41, 5.74) is 4.98. The molecule has 1 aliphatic carbocycles. The molecule has 1 rings (SSSR count). The normalized spacial score (nSPS) is 24.9. The first-order chi connectivity index (χ1) is 3.29. The molecular formula is C4H10N2O. The summed E-state index contributed by atoms with van der Waals surface area (Å²) in [6.07, 6.45) is 1.51. The number of nitrogens with two attached hydrogens (primary N) is 1. The maximum absolute atomic E-state index is 8.43. The van der Waals surface area contributed by atoms with Gasteiger partial charge in [0, 0.05) is 6.04 Å². The van der Waals surface area contributed by atoms with Gasteiger partial charge in [0.05, 0.1) is 0 Å². The molecule has 0 amide bonds. The summed E-state index contributed by atoms with van der Waals surface area (Å²) in [5, 5.41) is 11.2. The van der Waals surface area contributed by atoms with Gasteiger partial charge >= 0.3 is 0 Å². The third-order valence-corrected chi connectivity index (χ3v) is 0.984. The smallest absolute Gasteiger partial charge is 0.158 e. The van der Waals surface area contributed by atoms with Crippen molar-refractivity contribution in [2.75, 3.05) is 0 Å². The summed E-state index contributed by atoms with van der Waals surface area (Å²) in [4.78, 5) is 0. The number of hydrogen-bond donors (Lipinski definition) is 3. The molecule has 1 saturated carbocycles. The average molecular weight is 102 g/mol. The Kier molecular flexibility index (Phi) is 1.27. The van der Waals surface area contributed by atoms with Crippen LogP contribution in [-0.2, 0) is 0 Å². The number of hydrogen-bond acceptors (Lipinski definition) is 3. The maximum atomic E-state index is 8.43. The molecular weight excluding hydrogens is 92.1 g/mol. The van der Waals surface area contributed by atoms with E-state index >= 15 is 0 Å². The molecule has 0 aromatic rings. The summed E-state index contributed by atoms with van der Waals surface area (Å²) >= 11 is 0. The van der Waals surface area contributed by atoms with Crippen molar-refractivity contribution in [1.82, 2.24) is 5.32 Å². The second-order valence-electron chi connectivity index (χ2n) is 1.89. The molecule has 7 heavy (non-hydrogen) atoms. The first kappa shape index (κ1) is 5.03. The summed E-state index contributed by atoms with van der Waals surface area (Å²) in [5.74, 6) is 0. The fraction of sp³-hybridized carbons (Fsp3) is 1.00. The molecule has 1 fully saturated rings. The van der Waals surface area contributed by atoms with Crippen LogP contribution in [0.4, 0.5) is 0 Å². The van der Waals surface area contributed by atoms with E-state index in [2.05, 4.69) is 5.32 Å². The van der Waals surface area contributed by atoms with Crippen LogP contribution in [-0.4, -0.2) is 17.5 Å². The Morgan fingerprint density at radius 2 is 2.29 bits per heavy atom. The predicted molar refractivity (Wildman–Crippen MR) is 26.4 cm³/mol. The topological polar surface area (TPSA) is 58.3 Å². The highest BCUT2D eigenvalue weighted by Crippen LogP contribution is 2.18. The fourth-order valence-corrected chi connectivity index (χ4v) is 0.491. The predicted octanol–water partition coefficient (Wildman–Crippen LogP) is -1.03. The maximum Gasteiger partial charge on any atom is 0.158 e. The van der Waals surface area contributed by atoms with Crippen molar-refractivity contribution >= 4 is 0 Å². The van der Waals surface area contributed by atoms with Gasteiger partial charge in [-0.2, -0.15) is 0 Å². The zero-order valence-corrected chi connectivity index (χ0v) is 4.09. The van der Waals surface area contributed by atoms with E-state index in [1.54, 1.807) is 0 Å². The minimum absolute atomic E-state index is 0.500. The van der Waals surface area contributed by atoms with Gasteiger partial charge in [-0.1, -0.05) is 0 Å². The quantitative estimate of drug-likeness (QED) is 0.391. The van der Waals surface area contributed by atoms with Crippen molar-refractivity contribution < 1.29 is 5.11 Å². The molecule has 3 nitrogen and oxygen atoms in total. The summed E-state index contributed by atoms with van der Waals surface area (Å²) in [6, 6.07) is 0.500. The number of aliphatic hydroxyl groups is 1. The molecule has 0 radical (unpaired) electrons. The van der Waals surface area contributed by atoms with Crippen LogP contribution >= 0.6 is 0 Å². The highest BCUT2D eigenvalue weighted by molar-refractivity contribution is 4.80. The van der Waals surface area contributed by atoms with Gasteiger partial charge in [0.2, 0.25) is 0 Å². The molecule has 42 valence electrons. The summed E-state index contributed by atoms with van der Waals surface area (Å²) < 4.78 is 0. The molecule has 3 heteroatoms. The number of aliphatic hydroxyl groups excluding tert-OH is 1. The zero-order chi connectivity index (χ0) is 5.28. The Bertz CT molecular complexity index is 60.7. The number of rotatable bonds is 2. The Morgan fingerprint density at radius 3 is 2.43 bits per heavy atom. The lowest BCUT2D eigenvalue weighted by Gasteiger charge is -2.02. The molecule has 0 aromatic carbocycles. The number of nitrogens with one attached hydrogen (secondary N) is 1. The van der Waals surface area contributed by atoms with Gasteiger partial charge in [-0.25, -0.2) is 0 Å². The molecule has 0 heterocycles. The largest absolute Gasteiger partial charge is 0.366 e. The molecule has 0 spiro atoms. The average Bonchev–Trinajstić information content (AvgIpc) is 2.17. The third kappa shape index (κ3) is 1.87. The highest BCUT2D eigenvalue weighted by atomic mass is 16.3. The van der Waals surface area contributed by atoms with Crippen LogP contribution in [0.1, 0.15) is 12.8 Å². The van der Waals surface area contributed by atoms with Gasteiger partial charge in [0.1, 0.15) is 0 Å². The summed E-state index contributed by atoms with van der Waals surface area (Å²) in [7, 11) is 0. The first-order valence-corrected chi connectivity index (χ1v) is 2.49. The molecule has 1 aliphatic rings. The van der Waals surface area contributed by atoms with E-state index < -0.39 is 6.35 Å².